The van der Waals surface area contributed by atoms with Crippen LogP contribution in [0, 0.1) is 0 Å². The van der Waals surface area contributed by atoms with Crippen molar-refractivity contribution in [1.82, 2.24) is 15.3 Å². The Labute approximate surface area is 126 Å². The second kappa shape index (κ2) is 6.04. The third kappa shape index (κ3) is 3.27. The first-order chi connectivity index (χ1) is 10.5. The van der Waals surface area contributed by atoms with E-state index in [0.29, 0.717) is 17.2 Å². The van der Waals surface area contributed by atoms with E-state index >= 15 is 0 Å². The summed E-state index contributed by atoms with van der Waals surface area (Å²) in [5, 5.41) is 3.30. The summed E-state index contributed by atoms with van der Waals surface area (Å²) >= 11 is 0. The van der Waals surface area contributed by atoms with E-state index in [4.69, 9.17) is 0 Å². The van der Waals surface area contributed by atoms with Crippen molar-refractivity contribution >= 4 is 0 Å². The molecular weight excluding hydrogens is 291 g/mol. The van der Waals surface area contributed by atoms with Crippen LogP contribution in [0.2, 0.25) is 0 Å². The molecule has 1 aromatic heterocycles. The lowest BCUT2D eigenvalue weighted by atomic mass is 9.95. The van der Waals surface area contributed by atoms with Crippen LogP contribution in [0.4, 0.5) is 13.2 Å². The van der Waals surface area contributed by atoms with E-state index < -0.39 is 11.7 Å². The van der Waals surface area contributed by atoms with Gasteiger partial charge in [-0.2, -0.15) is 13.2 Å². The second-order valence-electron chi connectivity index (χ2n) is 5.43. The maximum Gasteiger partial charge on any atom is 0.416 e. The van der Waals surface area contributed by atoms with Gasteiger partial charge < -0.3 is 5.32 Å². The molecule has 22 heavy (non-hydrogen) atoms. The zero-order valence-electron chi connectivity index (χ0n) is 11.9. The van der Waals surface area contributed by atoms with Crippen molar-refractivity contribution in [2.75, 3.05) is 13.1 Å². The lowest BCUT2D eigenvalue weighted by Gasteiger charge is -2.21. The normalized spacial score (nSPS) is 16.7. The van der Waals surface area contributed by atoms with E-state index in [1.807, 2.05) is 0 Å². The minimum Gasteiger partial charge on any atom is -0.317 e. The lowest BCUT2D eigenvalue weighted by molar-refractivity contribution is -0.137. The Bertz CT molecular complexity index is 615. The van der Waals surface area contributed by atoms with Crippen LogP contribution in [0.3, 0.4) is 0 Å². The molecule has 2 heterocycles. The van der Waals surface area contributed by atoms with Gasteiger partial charge in [0, 0.05) is 17.7 Å². The van der Waals surface area contributed by atoms with Crippen molar-refractivity contribution in [2.45, 2.75) is 24.9 Å². The van der Waals surface area contributed by atoms with Gasteiger partial charge in [-0.3, -0.25) is 9.97 Å². The van der Waals surface area contributed by atoms with Crippen molar-refractivity contribution in [3.8, 4) is 11.3 Å². The first-order valence-corrected chi connectivity index (χ1v) is 7.24. The zero-order valence-corrected chi connectivity index (χ0v) is 11.9. The van der Waals surface area contributed by atoms with Gasteiger partial charge in [0.2, 0.25) is 0 Å². The fourth-order valence-corrected chi connectivity index (χ4v) is 2.65. The molecule has 3 nitrogen and oxygen atoms in total. The van der Waals surface area contributed by atoms with Gasteiger partial charge in [-0.25, -0.2) is 0 Å². The summed E-state index contributed by atoms with van der Waals surface area (Å²) in [6, 6.07) is 4.99. The van der Waals surface area contributed by atoms with Gasteiger partial charge in [0.1, 0.15) is 0 Å². The molecule has 1 aliphatic heterocycles. The molecule has 1 aliphatic rings. The van der Waals surface area contributed by atoms with E-state index in [-0.39, 0.29) is 0 Å². The van der Waals surface area contributed by atoms with Crippen LogP contribution in [0.1, 0.15) is 30.0 Å². The summed E-state index contributed by atoms with van der Waals surface area (Å²) in [5.41, 5.74) is 1.52. The van der Waals surface area contributed by atoms with E-state index in [1.54, 1.807) is 12.4 Å². The third-order valence-electron chi connectivity index (χ3n) is 3.94. The number of nitrogens with one attached hydrogen (secondary N) is 1. The monoisotopic (exact) mass is 307 g/mol. The molecule has 1 fully saturated rings. The predicted octanol–water partition coefficient (Wildman–Crippen LogP) is 3.63. The number of nitrogens with zero attached hydrogens (tertiary/aromatic N) is 2. The minimum atomic E-state index is -4.32. The number of rotatable bonds is 2. The SMILES string of the molecule is FC(F)(F)c1ccc(-c2cnc(C3CCNCC3)cn2)cc1. The predicted molar refractivity (Wildman–Crippen MR) is 77.3 cm³/mol. The average molecular weight is 307 g/mol. The standard InChI is InChI=1S/C16H16F3N3/c17-16(18,19)13-3-1-11(2-4-13)14-9-22-15(10-21-14)12-5-7-20-8-6-12/h1-4,9-10,12,20H,5-8H2. The second-order valence-corrected chi connectivity index (χ2v) is 5.43. The largest absolute Gasteiger partial charge is 0.416 e. The van der Waals surface area contributed by atoms with Crippen molar-refractivity contribution < 1.29 is 13.2 Å². The molecule has 0 aliphatic carbocycles. The summed E-state index contributed by atoms with van der Waals surface area (Å²) in [5.74, 6) is 0.412. The topological polar surface area (TPSA) is 37.8 Å². The quantitative estimate of drug-likeness (QED) is 0.920. The third-order valence-corrected chi connectivity index (χ3v) is 3.94. The van der Waals surface area contributed by atoms with E-state index in [1.165, 1.54) is 12.1 Å². The Morgan fingerprint density at radius 1 is 0.955 bits per heavy atom. The molecule has 1 saturated heterocycles. The van der Waals surface area contributed by atoms with Gasteiger partial charge in [0.25, 0.3) is 0 Å². The fraction of sp³-hybridized carbons (Fsp3) is 0.375. The van der Waals surface area contributed by atoms with Gasteiger partial charge in [-0.15, -0.1) is 0 Å². The molecule has 116 valence electrons. The Balaban J connectivity index is 1.77. The van der Waals surface area contributed by atoms with Crippen molar-refractivity contribution in [2.24, 2.45) is 0 Å². The molecule has 3 rings (SSSR count). The van der Waals surface area contributed by atoms with Gasteiger partial charge in [-0.1, -0.05) is 12.1 Å². The summed E-state index contributed by atoms with van der Waals surface area (Å²) in [6.07, 6.45) is 1.13. The van der Waals surface area contributed by atoms with Crippen LogP contribution in [0.5, 0.6) is 0 Å². The van der Waals surface area contributed by atoms with E-state index in [9.17, 15) is 13.2 Å². The summed E-state index contributed by atoms with van der Waals surface area (Å²) < 4.78 is 37.6. The van der Waals surface area contributed by atoms with Gasteiger partial charge in [-0.05, 0) is 38.1 Å². The summed E-state index contributed by atoms with van der Waals surface area (Å²) in [6.45, 7) is 1.96. The highest BCUT2D eigenvalue weighted by molar-refractivity contribution is 5.58. The number of aromatic nitrogens is 2. The molecule has 2 aromatic rings. The number of benzene rings is 1. The highest BCUT2D eigenvalue weighted by Crippen LogP contribution is 2.30. The number of hydrogen-bond acceptors (Lipinski definition) is 3. The molecule has 6 heteroatoms. The highest BCUT2D eigenvalue weighted by Gasteiger charge is 2.30. The maximum absolute atomic E-state index is 12.5. The fourth-order valence-electron chi connectivity index (χ4n) is 2.65. The van der Waals surface area contributed by atoms with Gasteiger partial charge >= 0.3 is 6.18 Å². The van der Waals surface area contributed by atoms with Crippen molar-refractivity contribution in [3.63, 3.8) is 0 Å². The van der Waals surface area contributed by atoms with Crippen LogP contribution in [0.15, 0.2) is 36.7 Å². The summed E-state index contributed by atoms with van der Waals surface area (Å²) in [4.78, 5) is 8.79. The van der Waals surface area contributed by atoms with Crippen molar-refractivity contribution in [1.29, 1.82) is 0 Å². The minimum absolute atomic E-state index is 0.412. The van der Waals surface area contributed by atoms with E-state index in [2.05, 4.69) is 15.3 Å². The van der Waals surface area contributed by atoms with Crippen LogP contribution in [-0.4, -0.2) is 23.1 Å². The Hall–Kier alpha value is -1.95. The zero-order chi connectivity index (χ0) is 15.6. The Morgan fingerprint density at radius 3 is 2.18 bits per heavy atom. The van der Waals surface area contributed by atoms with Gasteiger partial charge in [0.15, 0.2) is 0 Å². The molecule has 0 bridgehead atoms. The van der Waals surface area contributed by atoms with Crippen LogP contribution in [-0.2, 0) is 6.18 Å². The van der Waals surface area contributed by atoms with Crippen LogP contribution < -0.4 is 5.32 Å². The lowest BCUT2D eigenvalue weighted by Crippen LogP contribution is -2.27. The first-order valence-electron chi connectivity index (χ1n) is 7.24. The molecule has 1 N–H and O–H groups in total. The smallest absolute Gasteiger partial charge is 0.317 e. The number of hydrogen-bond donors (Lipinski definition) is 1. The summed E-state index contributed by atoms with van der Waals surface area (Å²) in [7, 11) is 0. The molecule has 0 saturated carbocycles. The maximum atomic E-state index is 12.5. The molecule has 0 radical (unpaired) electrons. The number of alkyl halides is 3. The van der Waals surface area contributed by atoms with Crippen LogP contribution >= 0.6 is 0 Å². The molecule has 0 amide bonds. The van der Waals surface area contributed by atoms with Crippen molar-refractivity contribution in [3.05, 3.63) is 47.9 Å². The highest BCUT2D eigenvalue weighted by atomic mass is 19.4. The van der Waals surface area contributed by atoms with Crippen LogP contribution in [0.25, 0.3) is 11.3 Å². The first kappa shape index (κ1) is 15.0. The molecule has 0 unspecified atom stereocenters. The molecular formula is C16H16F3N3. The average Bonchev–Trinajstić information content (AvgIpc) is 2.55. The molecule has 1 aromatic carbocycles. The Morgan fingerprint density at radius 2 is 1.64 bits per heavy atom. The molecule has 0 atom stereocenters. The van der Waals surface area contributed by atoms with Gasteiger partial charge in [0.05, 0.1) is 23.1 Å². The molecule has 0 spiro atoms. The van der Waals surface area contributed by atoms with E-state index in [0.717, 1.165) is 43.8 Å². The number of piperidine rings is 1. The Kier molecular flexibility index (Phi) is 4.11. The number of halogens is 3.